The molecule has 7 heteroatoms. The first kappa shape index (κ1) is 12.7. The van der Waals surface area contributed by atoms with Crippen LogP contribution in [0.5, 0.6) is 0 Å². The Morgan fingerprint density at radius 2 is 2.43 bits per heavy atom. The number of hydrogen-bond acceptors (Lipinski definition) is 5. The third-order valence-corrected chi connectivity index (χ3v) is 5.15. The summed E-state index contributed by atoms with van der Waals surface area (Å²) < 4.78 is 1.65. The van der Waals surface area contributed by atoms with Crippen LogP contribution in [0.1, 0.15) is 29.6 Å². The number of nitrogens with one attached hydrogen (secondary N) is 1. The van der Waals surface area contributed by atoms with E-state index >= 15 is 0 Å². The Hall–Kier alpha value is -2.02. The molecule has 0 saturated heterocycles. The number of rotatable bonds is 2. The lowest BCUT2D eigenvalue weighted by Gasteiger charge is -2.17. The molecule has 1 N–H and O–H groups in total. The van der Waals surface area contributed by atoms with Crippen LogP contribution in [0, 0.1) is 5.92 Å². The van der Waals surface area contributed by atoms with Gasteiger partial charge in [-0.15, -0.1) is 16.4 Å². The first-order valence-corrected chi connectivity index (χ1v) is 7.90. The van der Waals surface area contributed by atoms with Crippen LogP contribution in [0.2, 0.25) is 0 Å². The summed E-state index contributed by atoms with van der Waals surface area (Å²) >= 11 is 1.67. The molecule has 3 aromatic rings. The van der Waals surface area contributed by atoms with Gasteiger partial charge in [-0.25, -0.2) is 9.67 Å². The van der Waals surface area contributed by atoms with Crippen LogP contribution in [0.4, 0.5) is 0 Å². The molecule has 3 heterocycles. The van der Waals surface area contributed by atoms with Crippen LogP contribution in [0.3, 0.4) is 0 Å². The molecule has 0 aromatic carbocycles. The number of nitrogens with zero attached hydrogens (tertiary/aromatic N) is 4. The molecule has 0 fully saturated rings. The summed E-state index contributed by atoms with van der Waals surface area (Å²) in [5, 5.41) is 8.46. The van der Waals surface area contributed by atoms with Gasteiger partial charge in [0.15, 0.2) is 0 Å². The Morgan fingerprint density at radius 3 is 3.24 bits per heavy atom. The monoisotopic (exact) mass is 301 g/mol. The maximum Gasteiger partial charge on any atom is 0.259 e. The van der Waals surface area contributed by atoms with Gasteiger partial charge in [0.05, 0.1) is 11.6 Å². The molecule has 0 bridgehead atoms. The number of aromatic nitrogens is 5. The third-order valence-electron chi connectivity index (χ3n) is 4.00. The van der Waals surface area contributed by atoms with Crippen molar-refractivity contribution >= 4 is 21.6 Å². The second-order valence-electron chi connectivity index (χ2n) is 5.65. The highest BCUT2D eigenvalue weighted by atomic mass is 32.1. The standard InChI is InChI=1S/C14H15N5OS/c1-8-2-3-9-10(6-8)21-14-12(9)13(20)16-11(17-14)7-19-5-4-15-18-19/h4-5,8H,2-3,6-7H2,1H3,(H,16,17,20). The van der Waals surface area contributed by atoms with E-state index in [-0.39, 0.29) is 5.56 Å². The SMILES string of the molecule is CC1CCc2c(sc3nc(Cn4ccnn4)[nH]c(=O)c23)C1. The Labute approximate surface area is 124 Å². The second-order valence-corrected chi connectivity index (χ2v) is 6.73. The molecule has 0 aliphatic heterocycles. The first-order valence-electron chi connectivity index (χ1n) is 7.08. The van der Waals surface area contributed by atoms with Crippen LogP contribution in [0.25, 0.3) is 10.2 Å². The van der Waals surface area contributed by atoms with Crippen molar-refractivity contribution in [2.24, 2.45) is 5.92 Å². The fourth-order valence-corrected chi connectivity index (χ4v) is 4.34. The average Bonchev–Trinajstić information content (AvgIpc) is 3.05. The van der Waals surface area contributed by atoms with Crippen molar-refractivity contribution in [1.82, 2.24) is 25.0 Å². The fourth-order valence-electron chi connectivity index (χ4n) is 2.94. The second kappa shape index (κ2) is 4.77. The fraction of sp³-hybridized carbons (Fsp3) is 0.429. The van der Waals surface area contributed by atoms with E-state index in [9.17, 15) is 4.79 Å². The number of aryl methyl sites for hydroxylation is 1. The Bertz CT molecular complexity index is 848. The van der Waals surface area contributed by atoms with E-state index < -0.39 is 0 Å². The first-order chi connectivity index (χ1) is 10.2. The molecule has 0 amide bonds. The van der Waals surface area contributed by atoms with Crippen molar-refractivity contribution < 1.29 is 0 Å². The highest BCUT2D eigenvalue weighted by molar-refractivity contribution is 7.18. The molecule has 0 spiro atoms. The van der Waals surface area contributed by atoms with E-state index in [4.69, 9.17) is 0 Å². The summed E-state index contributed by atoms with van der Waals surface area (Å²) in [6.07, 6.45) is 6.57. The smallest absolute Gasteiger partial charge is 0.259 e. The number of aromatic amines is 1. The lowest BCUT2D eigenvalue weighted by Crippen LogP contribution is -2.16. The van der Waals surface area contributed by atoms with Gasteiger partial charge in [-0.3, -0.25) is 4.79 Å². The molecule has 1 unspecified atom stereocenters. The van der Waals surface area contributed by atoms with Gasteiger partial charge in [-0.2, -0.15) is 0 Å². The van der Waals surface area contributed by atoms with E-state index in [2.05, 4.69) is 27.2 Å². The molecule has 108 valence electrons. The molecule has 1 aliphatic rings. The van der Waals surface area contributed by atoms with Crippen molar-refractivity contribution in [3.63, 3.8) is 0 Å². The Kier molecular flexibility index (Phi) is 2.88. The zero-order chi connectivity index (χ0) is 14.4. The minimum atomic E-state index is -0.0258. The maximum atomic E-state index is 12.4. The summed E-state index contributed by atoms with van der Waals surface area (Å²) in [5.74, 6) is 1.32. The van der Waals surface area contributed by atoms with Gasteiger partial charge in [0.25, 0.3) is 5.56 Å². The lowest BCUT2D eigenvalue weighted by atomic mass is 9.89. The molecular weight excluding hydrogens is 286 g/mol. The minimum absolute atomic E-state index is 0.0258. The number of hydrogen-bond donors (Lipinski definition) is 1. The highest BCUT2D eigenvalue weighted by Crippen LogP contribution is 2.35. The largest absolute Gasteiger partial charge is 0.308 e. The van der Waals surface area contributed by atoms with Gasteiger partial charge in [-0.1, -0.05) is 12.1 Å². The molecule has 0 radical (unpaired) electrons. The van der Waals surface area contributed by atoms with Crippen LogP contribution in [0.15, 0.2) is 17.2 Å². The highest BCUT2D eigenvalue weighted by Gasteiger charge is 2.22. The van der Waals surface area contributed by atoms with E-state index in [0.29, 0.717) is 18.3 Å². The summed E-state index contributed by atoms with van der Waals surface area (Å²) in [4.78, 5) is 22.1. The van der Waals surface area contributed by atoms with E-state index in [0.717, 1.165) is 29.5 Å². The van der Waals surface area contributed by atoms with Gasteiger partial charge in [-0.05, 0) is 30.7 Å². The topological polar surface area (TPSA) is 76.5 Å². The van der Waals surface area contributed by atoms with Gasteiger partial charge >= 0.3 is 0 Å². The molecule has 6 nitrogen and oxygen atoms in total. The molecule has 21 heavy (non-hydrogen) atoms. The third kappa shape index (κ3) is 2.17. The summed E-state index contributed by atoms with van der Waals surface area (Å²) in [6.45, 7) is 2.70. The summed E-state index contributed by atoms with van der Waals surface area (Å²) in [5.41, 5.74) is 1.19. The number of fused-ring (bicyclic) bond motifs is 3. The zero-order valence-corrected chi connectivity index (χ0v) is 12.5. The van der Waals surface area contributed by atoms with Gasteiger partial charge in [0, 0.05) is 11.1 Å². The summed E-state index contributed by atoms with van der Waals surface area (Å²) in [7, 11) is 0. The van der Waals surface area contributed by atoms with E-state index in [1.807, 2.05) is 0 Å². The lowest BCUT2D eigenvalue weighted by molar-refractivity contribution is 0.509. The van der Waals surface area contributed by atoms with Crippen molar-refractivity contribution in [3.05, 3.63) is 39.0 Å². The molecular formula is C14H15N5OS. The molecule has 1 atom stereocenters. The number of H-pyrrole nitrogens is 1. The van der Waals surface area contributed by atoms with Crippen LogP contribution >= 0.6 is 11.3 Å². The van der Waals surface area contributed by atoms with Crippen molar-refractivity contribution in [1.29, 1.82) is 0 Å². The minimum Gasteiger partial charge on any atom is -0.308 e. The predicted octanol–water partition coefficient (Wildman–Crippen LogP) is 1.75. The molecule has 3 aromatic heterocycles. The van der Waals surface area contributed by atoms with Crippen molar-refractivity contribution in [2.45, 2.75) is 32.7 Å². The Balaban J connectivity index is 1.82. The molecule has 0 saturated carbocycles. The number of thiophene rings is 1. The average molecular weight is 301 g/mol. The normalized spacial score (nSPS) is 18.0. The van der Waals surface area contributed by atoms with Crippen LogP contribution < -0.4 is 5.56 Å². The zero-order valence-electron chi connectivity index (χ0n) is 11.7. The predicted molar refractivity (Wildman–Crippen MR) is 80.6 cm³/mol. The van der Waals surface area contributed by atoms with Gasteiger partial charge < -0.3 is 4.98 Å². The summed E-state index contributed by atoms with van der Waals surface area (Å²) in [6, 6.07) is 0. The van der Waals surface area contributed by atoms with Crippen molar-refractivity contribution in [3.8, 4) is 0 Å². The van der Waals surface area contributed by atoms with Crippen LogP contribution in [-0.2, 0) is 19.4 Å². The van der Waals surface area contributed by atoms with E-state index in [1.54, 1.807) is 28.4 Å². The van der Waals surface area contributed by atoms with E-state index in [1.165, 1.54) is 10.4 Å². The molecule has 4 rings (SSSR count). The van der Waals surface area contributed by atoms with Gasteiger partial charge in [0.2, 0.25) is 0 Å². The quantitative estimate of drug-likeness (QED) is 0.782. The Morgan fingerprint density at radius 1 is 1.52 bits per heavy atom. The van der Waals surface area contributed by atoms with Crippen LogP contribution in [-0.4, -0.2) is 25.0 Å². The molecule has 1 aliphatic carbocycles. The van der Waals surface area contributed by atoms with Gasteiger partial charge in [0.1, 0.15) is 17.2 Å². The maximum absolute atomic E-state index is 12.4. The van der Waals surface area contributed by atoms with Crippen molar-refractivity contribution in [2.75, 3.05) is 0 Å².